The lowest BCUT2D eigenvalue weighted by Gasteiger charge is -2.16. The molecule has 0 spiro atoms. The molecular formula is C16H24. The Kier molecular flexibility index (Phi) is 3.68. The van der Waals surface area contributed by atoms with E-state index in [0.29, 0.717) is 5.41 Å². The van der Waals surface area contributed by atoms with Crippen molar-refractivity contribution >= 4 is 0 Å². The van der Waals surface area contributed by atoms with Gasteiger partial charge in [-0.3, -0.25) is 0 Å². The van der Waals surface area contributed by atoms with E-state index >= 15 is 0 Å². The summed E-state index contributed by atoms with van der Waals surface area (Å²) in [6, 6.07) is 0. The summed E-state index contributed by atoms with van der Waals surface area (Å²) in [6.45, 7) is 4.64. The van der Waals surface area contributed by atoms with Crippen LogP contribution in [-0.4, -0.2) is 0 Å². The van der Waals surface area contributed by atoms with Gasteiger partial charge in [0.2, 0.25) is 0 Å². The normalized spacial score (nSPS) is 31.6. The van der Waals surface area contributed by atoms with E-state index in [4.69, 9.17) is 0 Å². The Morgan fingerprint density at radius 2 is 2.12 bits per heavy atom. The minimum absolute atomic E-state index is 0.342. The first-order valence-electron chi connectivity index (χ1n) is 6.81. The SMILES string of the molecule is CCCCCCC1=CC2(C)C=CC=CC1C2. The molecule has 2 aliphatic rings. The quantitative estimate of drug-likeness (QED) is 0.446. The van der Waals surface area contributed by atoms with Crippen LogP contribution in [0.2, 0.25) is 0 Å². The summed E-state index contributed by atoms with van der Waals surface area (Å²) in [5, 5.41) is 0. The standard InChI is InChI=1S/C16H24/c1-3-4-5-6-9-14-12-16(2)11-8-7-10-15(14)13-16/h7-8,10-12,15H,3-6,9,13H2,1-2H3. The van der Waals surface area contributed by atoms with E-state index in [1.807, 2.05) is 0 Å². The maximum atomic E-state index is 2.53. The van der Waals surface area contributed by atoms with Crippen LogP contribution in [0.1, 0.15) is 52.4 Å². The Labute approximate surface area is 100 Å². The number of rotatable bonds is 5. The Morgan fingerprint density at radius 3 is 2.94 bits per heavy atom. The van der Waals surface area contributed by atoms with E-state index in [1.165, 1.54) is 38.5 Å². The van der Waals surface area contributed by atoms with Crippen molar-refractivity contribution in [2.24, 2.45) is 11.3 Å². The fourth-order valence-electron chi connectivity index (χ4n) is 2.99. The topological polar surface area (TPSA) is 0 Å². The molecule has 0 saturated heterocycles. The highest BCUT2D eigenvalue weighted by atomic mass is 14.4. The van der Waals surface area contributed by atoms with E-state index in [0.717, 1.165) is 5.92 Å². The Hall–Kier alpha value is -0.780. The van der Waals surface area contributed by atoms with E-state index in [-0.39, 0.29) is 0 Å². The van der Waals surface area contributed by atoms with Gasteiger partial charge >= 0.3 is 0 Å². The van der Waals surface area contributed by atoms with Crippen molar-refractivity contribution in [3.63, 3.8) is 0 Å². The minimum atomic E-state index is 0.342. The van der Waals surface area contributed by atoms with Crippen LogP contribution in [0.5, 0.6) is 0 Å². The third kappa shape index (κ3) is 2.66. The van der Waals surface area contributed by atoms with Gasteiger partial charge in [-0.2, -0.15) is 0 Å². The van der Waals surface area contributed by atoms with Gasteiger partial charge < -0.3 is 0 Å². The highest BCUT2D eigenvalue weighted by molar-refractivity contribution is 5.33. The average molecular weight is 216 g/mol. The average Bonchev–Trinajstić information content (AvgIpc) is 2.44. The second-order valence-corrected chi connectivity index (χ2v) is 5.59. The van der Waals surface area contributed by atoms with Gasteiger partial charge in [0.05, 0.1) is 0 Å². The van der Waals surface area contributed by atoms with Crippen LogP contribution in [0, 0.1) is 11.3 Å². The summed E-state index contributed by atoms with van der Waals surface area (Å²) >= 11 is 0. The highest BCUT2D eigenvalue weighted by Gasteiger charge is 2.32. The van der Waals surface area contributed by atoms with E-state index in [9.17, 15) is 0 Å². The van der Waals surface area contributed by atoms with Crippen LogP contribution in [0.15, 0.2) is 36.0 Å². The summed E-state index contributed by atoms with van der Waals surface area (Å²) < 4.78 is 0. The van der Waals surface area contributed by atoms with E-state index in [1.54, 1.807) is 5.57 Å². The number of hydrogen-bond donors (Lipinski definition) is 0. The van der Waals surface area contributed by atoms with Gasteiger partial charge in [-0.15, -0.1) is 0 Å². The lowest BCUT2D eigenvalue weighted by atomic mass is 9.88. The molecule has 0 heteroatoms. The smallest absolute Gasteiger partial charge is 0.00473 e. The van der Waals surface area contributed by atoms with Crippen LogP contribution in [0.4, 0.5) is 0 Å². The van der Waals surface area contributed by atoms with Crippen LogP contribution in [0.25, 0.3) is 0 Å². The van der Waals surface area contributed by atoms with Crippen molar-refractivity contribution < 1.29 is 0 Å². The maximum absolute atomic E-state index is 2.53. The summed E-state index contributed by atoms with van der Waals surface area (Å²) in [7, 11) is 0. The molecule has 0 aliphatic heterocycles. The van der Waals surface area contributed by atoms with Crippen molar-refractivity contribution in [1.29, 1.82) is 0 Å². The van der Waals surface area contributed by atoms with Gasteiger partial charge in [-0.25, -0.2) is 0 Å². The Morgan fingerprint density at radius 1 is 1.25 bits per heavy atom. The van der Waals surface area contributed by atoms with Crippen molar-refractivity contribution in [2.75, 3.05) is 0 Å². The molecule has 0 saturated carbocycles. The number of allylic oxidation sites excluding steroid dienone is 6. The molecule has 0 aromatic carbocycles. The predicted molar refractivity (Wildman–Crippen MR) is 71.3 cm³/mol. The molecule has 2 atom stereocenters. The molecule has 0 radical (unpaired) electrons. The maximum Gasteiger partial charge on any atom is 0.00473 e. The Balaban J connectivity index is 1.93. The number of unbranched alkanes of at least 4 members (excludes halogenated alkanes) is 3. The first kappa shape index (κ1) is 11.7. The fraction of sp³-hybridized carbons (Fsp3) is 0.625. The van der Waals surface area contributed by atoms with Gasteiger partial charge in [0, 0.05) is 5.41 Å². The molecule has 0 fully saturated rings. The zero-order valence-electron chi connectivity index (χ0n) is 10.7. The second kappa shape index (κ2) is 5.03. The summed E-state index contributed by atoms with van der Waals surface area (Å²) in [5.41, 5.74) is 2.04. The zero-order chi connectivity index (χ0) is 11.4. The third-order valence-corrected chi connectivity index (χ3v) is 3.90. The van der Waals surface area contributed by atoms with Gasteiger partial charge in [0.1, 0.15) is 0 Å². The Bertz CT molecular complexity index is 319. The van der Waals surface area contributed by atoms with Crippen LogP contribution >= 0.6 is 0 Å². The lowest BCUT2D eigenvalue weighted by molar-refractivity contribution is 0.494. The molecule has 2 aliphatic carbocycles. The van der Waals surface area contributed by atoms with Crippen LogP contribution in [-0.2, 0) is 0 Å². The molecule has 0 aromatic heterocycles. The van der Waals surface area contributed by atoms with E-state index < -0.39 is 0 Å². The van der Waals surface area contributed by atoms with Crippen molar-refractivity contribution in [3.8, 4) is 0 Å². The second-order valence-electron chi connectivity index (χ2n) is 5.59. The van der Waals surface area contributed by atoms with Crippen molar-refractivity contribution in [2.45, 2.75) is 52.4 Å². The highest BCUT2D eigenvalue weighted by Crippen LogP contribution is 2.44. The molecule has 0 heterocycles. The molecule has 16 heavy (non-hydrogen) atoms. The molecule has 2 unspecified atom stereocenters. The van der Waals surface area contributed by atoms with Gasteiger partial charge in [-0.05, 0) is 25.2 Å². The minimum Gasteiger partial charge on any atom is -0.0773 e. The van der Waals surface area contributed by atoms with Gasteiger partial charge in [0.15, 0.2) is 0 Å². The number of fused-ring (bicyclic) bond motifs is 2. The first-order valence-corrected chi connectivity index (χ1v) is 6.81. The summed E-state index contributed by atoms with van der Waals surface area (Å²) in [6.07, 6.45) is 19.8. The van der Waals surface area contributed by atoms with Crippen LogP contribution in [0.3, 0.4) is 0 Å². The molecular weight excluding hydrogens is 192 g/mol. The largest absolute Gasteiger partial charge is 0.0773 e. The molecule has 0 amide bonds. The molecule has 88 valence electrons. The molecule has 0 nitrogen and oxygen atoms in total. The molecule has 2 bridgehead atoms. The third-order valence-electron chi connectivity index (χ3n) is 3.90. The lowest BCUT2D eigenvalue weighted by Crippen LogP contribution is -2.06. The molecule has 0 aromatic rings. The first-order chi connectivity index (χ1) is 7.73. The summed E-state index contributed by atoms with van der Waals surface area (Å²) in [5.74, 6) is 0.724. The molecule has 2 rings (SSSR count). The van der Waals surface area contributed by atoms with E-state index in [2.05, 4.69) is 44.2 Å². The zero-order valence-corrected chi connectivity index (χ0v) is 10.7. The summed E-state index contributed by atoms with van der Waals surface area (Å²) in [4.78, 5) is 0. The monoisotopic (exact) mass is 216 g/mol. The van der Waals surface area contributed by atoms with Gasteiger partial charge in [0.25, 0.3) is 0 Å². The van der Waals surface area contributed by atoms with Crippen LogP contribution < -0.4 is 0 Å². The predicted octanol–water partition coefficient (Wildman–Crippen LogP) is 5.04. The number of hydrogen-bond acceptors (Lipinski definition) is 0. The molecule has 0 N–H and O–H groups in total. The van der Waals surface area contributed by atoms with Crippen molar-refractivity contribution in [1.82, 2.24) is 0 Å². The fourth-order valence-corrected chi connectivity index (χ4v) is 2.99. The van der Waals surface area contributed by atoms with Crippen molar-refractivity contribution in [3.05, 3.63) is 36.0 Å². The van der Waals surface area contributed by atoms with Gasteiger partial charge in [-0.1, -0.05) is 69.1 Å².